The van der Waals surface area contributed by atoms with Crippen molar-refractivity contribution < 1.29 is 0 Å². The van der Waals surface area contributed by atoms with Crippen LogP contribution >= 0.6 is 0 Å². The fourth-order valence-corrected chi connectivity index (χ4v) is 3.45. The van der Waals surface area contributed by atoms with Crippen LogP contribution in [0.25, 0.3) is 5.57 Å². The number of benzene rings is 2. The minimum absolute atomic E-state index is 0.179. The summed E-state index contributed by atoms with van der Waals surface area (Å²) in [6.45, 7) is 13.0. The summed E-state index contributed by atoms with van der Waals surface area (Å²) in [6.07, 6.45) is 6.60. The highest BCUT2D eigenvalue weighted by Crippen LogP contribution is 2.29. The van der Waals surface area contributed by atoms with E-state index in [1.54, 1.807) is 0 Å². The summed E-state index contributed by atoms with van der Waals surface area (Å²) >= 11 is 0. The van der Waals surface area contributed by atoms with Gasteiger partial charge in [0.05, 0.1) is 0 Å². The highest BCUT2D eigenvalue weighted by Gasteiger charge is 2.15. The summed E-state index contributed by atoms with van der Waals surface area (Å²) in [7, 11) is 0. The molecule has 0 saturated carbocycles. The third-order valence-corrected chi connectivity index (χ3v) is 5.00. The predicted molar refractivity (Wildman–Crippen MR) is 110 cm³/mol. The van der Waals surface area contributed by atoms with E-state index in [2.05, 4.69) is 86.9 Å². The molecule has 0 radical (unpaired) electrons. The molecule has 1 aliphatic heterocycles. The number of hydrogen-bond acceptors (Lipinski definition) is 1. The van der Waals surface area contributed by atoms with E-state index in [1.165, 1.54) is 53.9 Å². The van der Waals surface area contributed by atoms with Crippen LogP contribution in [0.5, 0.6) is 0 Å². The van der Waals surface area contributed by atoms with E-state index >= 15 is 0 Å². The molecule has 0 bridgehead atoms. The zero-order valence-electron chi connectivity index (χ0n) is 15.8. The Morgan fingerprint density at radius 1 is 0.880 bits per heavy atom. The summed E-state index contributed by atoms with van der Waals surface area (Å²) in [5, 5.41) is 0. The van der Waals surface area contributed by atoms with E-state index in [0.29, 0.717) is 0 Å². The van der Waals surface area contributed by atoms with Gasteiger partial charge in [-0.3, -0.25) is 0 Å². The topological polar surface area (TPSA) is 3.24 Å². The molecule has 0 spiro atoms. The molecular weight excluding hydrogens is 302 g/mol. The normalized spacial score (nSPS) is 15.5. The molecule has 1 heteroatoms. The predicted octanol–water partition coefficient (Wildman–Crippen LogP) is 6.20. The summed E-state index contributed by atoms with van der Waals surface area (Å²) in [5.74, 6) is 0. The summed E-state index contributed by atoms with van der Waals surface area (Å²) < 4.78 is 0. The van der Waals surface area contributed by atoms with E-state index in [-0.39, 0.29) is 5.41 Å². The molecule has 2 aromatic carbocycles. The van der Waals surface area contributed by atoms with Crippen molar-refractivity contribution in [3.63, 3.8) is 0 Å². The fourth-order valence-electron chi connectivity index (χ4n) is 3.45. The minimum Gasteiger partial charge on any atom is -0.372 e. The number of allylic oxidation sites excluding steroid dienone is 2. The standard InChI is InChI=1S/C24H29N/c1-5-8-23(19-9-13-21(14-10-19)24(2,3)4)20-11-15-22(16-12-20)25-17-6-7-18-25/h5,8-16H,1,6-7,17-18H2,2-4H3. The van der Waals surface area contributed by atoms with Crippen LogP contribution in [-0.4, -0.2) is 13.1 Å². The second-order valence-corrected chi connectivity index (χ2v) is 7.88. The van der Waals surface area contributed by atoms with E-state index in [4.69, 9.17) is 0 Å². The molecule has 0 aliphatic carbocycles. The van der Waals surface area contributed by atoms with Gasteiger partial charge in [0.15, 0.2) is 0 Å². The molecule has 130 valence electrons. The molecular formula is C24H29N. The first kappa shape index (κ1) is 17.5. The van der Waals surface area contributed by atoms with Crippen molar-refractivity contribution in [3.8, 4) is 0 Å². The zero-order valence-corrected chi connectivity index (χ0v) is 15.8. The number of anilines is 1. The Hall–Kier alpha value is -2.28. The van der Waals surface area contributed by atoms with Crippen LogP contribution in [0.1, 0.15) is 50.3 Å². The molecule has 1 fully saturated rings. The van der Waals surface area contributed by atoms with Gasteiger partial charge in [0, 0.05) is 18.8 Å². The maximum absolute atomic E-state index is 3.90. The van der Waals surface area contributed by atoms with Gasteiger partial charge in [-0.05, 0) is 52.7 Å². The molecule has 1 nitrogen and oxygen atoms in total. The van der Waals surface area contributed by atoms with Crippen LogP contribution in [0.4, 0.5) is 5.69 Å². The van der Waals surface area contributed by atoms with Gasteiger partial charge in [0.25, 0.3) is 0 Å². The Kier molecular flexibility index (Phi) is 5.13. The Balaban J connectivity index is 1.88. The van der Waals surface area contributed by atoms with Crippen molar-refractivity contribution in [1.29, 1.82) is 0 Å². The molecule has 2 aromatic rings. The van der Waals surface area contributed by atoms with Crippen molar-refractivity contribution in [2.45, 2.75) is 39.0 Å². The average molecular weight is 332 g/mol. The lowest BCUT2D eigenvalue weighted by Crippen LogP contribution is -2.17. The molecule has 25 heavy (non-hydrogen) atoms. The summed E-state index contributed by atoms with van der Waals surface area (Å²) in [5.41, 5.74) is 6.58. The van der Waals surface area contributed by atoms with Crippen molar-refractivity contribution in [2.24, 2.45) is 0 Å². The highest BCUT2D eigenvalue weighted by atomic mass is 15.1. The van der Waals surface area contributed by atoms with E-state index in [1.807, 2.05) is 6.08 Å². The van der Waals surface area contributed by atoms with Gasteiger partial charge >= 0.3 is 0 Å². The highest BCUT2D eigenvalue weighted by molar-refractivity contribution is 5.81. The Morgan fingerprint density at radius 3 is 1.88 bits per heavy atom. The molecule has 1 aliphatic rings. The van der Waals surface area contributed by atoms with Crippen molar-refractivity contribution in [3.05, 3.63) is 84.0 Å². The van der Waals surface area contributed by atoms with Gasteiger partial charge < -0.3 is 4.90 Å². The second kappa shape index (κ2) is 7.31. The van der Waals surface area contributed by atoms with Crippen LogP contribution in [-0.2, 0) is 5.41 Å². The molecule has 0 atom stereocenters. The number of rotatable bonds is 4. The molecule has 3 rings (SSSR count). The summed E-state index contributed by atoms with van der Waals surface area (Å²) in [4.78, 5) is 2.47. The van der Waals surface area contributed by atoms with Crippen molar-refractivity contribution >= 4 is 11.3 Å². The first-order valence-corrected chi connectivity index (χ1v) is 9.28. The zero-order chi connectivity index (χ0) is 17.9. The Morgan fingerprint density at radius 2 is 1.40 bits per heavy atom. The molecule has 0 amide bonds. The Labute approximate surface area is 152 Å². The maximum atomic E-state index is 3.90. The largest absolute Gasteiger partial charge is 0.372 e. The number of nitrogens with zero attached hydrogens (tertiary/aromatic N) is 1. The van der Waals surface area contributed by atoms with E-state index in [0.717, 1.165) is 0 Å². The lowest BCUT2D eigenvalue weighted by Gasteiger charge is -2.20. The SMILES string of the molecule is C=CC=C(c1ccc(N2CCCC2)cc1)c1ccc(C(C)(C)C)cc1. The quantitative estimate of drug-likeness (QED) is 0.603. The molecule has 0 unspecified atom stereocenters. The van der Waals surface area contributed by atoms with Crippen molar-refractivity contribution in [2.75, 3.05) is 18.0 Å². The minimum atomic E-state index is 0.179. The average Bonchev–Trinajstić information content (AvgIpc) is 3.14. The van der Waals surface area contributed by atoms with Crippen LogP contribution in [0.15, 0.2) is 67.3 Å². The van der Waals surface area contributed by atoms with Crippen LogP contribution in [0, 0.1) is 0 Å². The van der Waals surface area contributed by atoms with Gasteiger partial charge in [0.1, 0.15) is 0 Å². The van der Waals surface area contributed by atoms with Crippen LogP contribution in [0.3, 0.4) is 0 Å². The van der Waals surface area contributed by atoms with Gasteiger partial charge in [-0.1, -0.05) is 75.9 Å². The third kappa shape index (κ3) is 4.04. The molecule has 0 aromatic heterocycles. The lowest BCUT2D eigenvalue weighted by molar-refractivity contribution is 0.590. The van der Waals surface area contributed by atoms with Crippen LogP contribution in [0.2, 0.25) is 0 Å². The molecule has 0 N–H and O–H groups in total. The molecule has 1 saturated heterocycles. The number of hydrogen-bond donors (Lipinski definition) is 0. The second-order valence-electron chi connectivity index (χ2n) is 7.88. The smallest absolute Gasteiger partial charge is 0.0366 e. The fraction of sp³-hybridized carbons (Fsp3) is 0.333. The van der Waals surface area contributed by atoms with Gasteiger partial charge in [0.2, 0.25) is 0 Å². The van der Waals surface area contributed by atoms with Gasteiger partial charge in [-0.15, -0.1) is 0 Å². The first-order chi connectivity index (χ1) is 12.0. The monoisotopic (exact) mass is 331 g/mol. The first-order valence-electron chi connectivity index (χ1n) is 9.28. The van der Waals surface area contributed by atoms with Crippen molar-refractivity contribution in [1.82, 2.24) is 0 Å². The molecule has 1 heterocycles. The van der Waals surface area contributed by atoms with Crippen LogP contribution < -0.4 is 4.90 Å². The summed E-state index contributed by atoms with van der Waals surface area (Å²) in [6, 6.07) is 17.9. The lowest BCUT2D eigenvalue weighted by atomic mass is 9.85. The van der Waals surface area contributed by atoms with E-state index < -0.39 is 0 Å². The van der Waals surface area contributed by atoms with E-state index in [9.17, 15) is 0 Å². The maximum Gasteiger partial charge on any atom is 0.0366 e. The third-order valence-electron chi connectivity index (χ3n) is 5.00. The van der Waals surface area contributed by atoms with Gasteiger partial charge in [-0.2, -0.15) is 0 Å². The van der Waals surface area contributed by atoms with Gasteiger partial charge in [-0.25, -0.2) is 0 Å². The Bertz CT molecular complexity index is 736.